The minimum absolute atomic E-state index is 0.0864. The van der Waals surface area contributed by atoms with Crippen LogP contribution in [0.25, 0.3) is 0 Å². The number of ether oxygens (including phenoxy) is 2. The maximum absolute atomic E-state index is 11.1. The molecule has 0 saturated carbocycles. The van der Waals surface area contributed by atoms with Crippen molar-refractivity contribution < 1.29 is 14.4 Å². The second-order valence-electron chi connectivity index (χ2n) is 3.95. The second-order valence-corrected chi connectivity index (χ2v) is 3.95. The Morgan fingerprint density at radius 3 is 2.71 bits per heavy atom. The average molecular weight is 295 g/mol. The molecule has 0 unspecified atom stereocenters. The van der Waals surface area contributed by atoms with Crippen LogP contribution in [0, 0.1) is 10.1 Å². The predicted molar refractivity (Wildman–Crippen MR) is 78.8 cm³/mol. The van der Waals surface area contributed by atoms with E-state index in [1.165, 1.54) is 19.4 Å². The van der Waals surface area contributed by atoms with Gasteiger partial charge in [-0.2, -0.15) is 5.10 Å². The summed E-state index contributed by atoms with van der Waals surface area (Å²) in [5, 5.41) is 18.2. The first-order valence-corrected chi connectivity index (χ1v) is 6.10. The van der Waals surface area contributed by atoms with Crippen LogP contribution in [0.3, 0.4) is 0 Å². The van der Waals surface area contributed by atoms with Crippen LogP contribution in [0.4, 0.5) is 5.69 Å². The molecule has 4 N–H and O–H groups in total. The first-order valence-electron chi connectivity index (χ1n) is 6.10. The number of nitro benzene ring substituents is 1. The molecular weight excluding hydrogens is 278 g/mol. The number of nitrogens with two attached hydrogens (primary N) is 2. The zero-order valence-corrected chi connectivity index (χ0v) is 11.8. The van der Waals surface area contributed by atoms with Crippen LogP contribution < -0.4 is 20.9 Å². The quantitative estimate of drug-likeness (QED) is 0.333. The van der Waals surface area contributed by atoms with E-state index in [1.54, 1.807) is 6.07 Å². The van der Waals surface area contributed by atoms with Gasteiger partial charge >= 0.3 is 5.69 Å². The summed E-state index contributed by atoms with van der Waals surface area (Å²) >= 11 is 0. The SMILES string of the molecule is CCCOc1c(OC)cc(/C=N\N=C(N)N)cc1[N+](=O)[O-]. The molecule has 9 heteroatoms. The molecule has 1 rings (SSSR count). The van der Waals surface area contributed by atoms with Gasteiger partial charge in [0.1, 0.15) is 0 Å². The topological polar surface area (TPSA) is 138 Å². The molecule has 1 aromatic rings. The molecule has 0 aromatic heterocycles. The van der Waals surface area contributed by atoms with E-state index in [2.05, 4.69) is 10.2 Å². The summed E-state index contributed by atoms with van der Waals surface area (Å²) in [6.45, 7) is 2.24. The van der Waals surface area contributed by atoms with Gasteiger partial charge in [-0.15, -0.1) is 5.10 Å². The first-order chi connectivity index (χ1) is 9.99. The van der Waals surface area contributed by atoms with Gasteiger partial charge in [0.2, 0.25) is 11.7 Å². The maximum atomic E-state index is 11.1. The van der Waals surface area contributed by atoms with Crippen molar-refractivity contribution in [2.45, 2.75) is 13.3 Å². The molecule has 0 aliphatic carbocycles. The fraction of sp³-hybridized carbons (Fsp3) is 0.333. The van der Waals surface area contributed by atoms with Gasteiger partial charge in [-0.1, -0.05) is 6.92 Å². The standard InChI is InChI=1S/C12H17N5O4/c1-3-4-21-11-9(17(18)19)5-8(6-10(11)20-2)7-15-16-12(13)14/h5-7H,3-4H2,1-2H3,(H4,13,14,16)/b15-7-. The maximum Gasteiger partial charge on any atom is 0.315 e. The zero-order chi connectivity index (χ0) is 15.8. The van der Waals surface area contributed by atoms with Crippen molar-refractivity contribution in [3.05, 3.63) is 27.8 Å². The van der Waals surface area contributed by atoms with Crippen molar-refractivity contribution in [3.8, 4) is 11.5 Å². The molecule has 0 spiro atoms. The Balaban J connectivity index is 3.25. The number of guanidine groups is 1. The first kappa shape index (κ1) is 16.2. The lowest BCUT2D eigenvalue weighted by Gasteiger charge is -2.11. The summed E-state index contributed by atoms with van der Waals surface area (Å²) in [5.41, 5.74) is 10.5. The number of methoxy groups -OCH3 is 1. The zero-order valence-electron chi connectivity index (χ0n) is 11.8. The van der Waals surface area contributed by atoms with Gasteiger partial charge in [0.15, 0.2) is 5.75 Å². The number of benzene rings is 1. The highest BCUT2D eigenvalue weighted by Gasteiger charge is 2.21. The van der Waals surface area contributed by atoms with Crippen LogP contribution in [0.5, 0.6) is 11.5 Å². The van der Waals surface area contributed by atoms with E-state index in [0.29, 0.717) is 18.6 Å². The molecule has 0 amide bonds. The van der Waals surface area contributed by atoms with Gasteiger partial charge in [0, 0.05) is 11.6 Å². The molecule has 0 aliphatic rings. The van der Waals surface area contributed by atoms with E-state index in [1.807, 2.05) is 6.92 Å². The van der Waals surface area contributed by atoms with Gasteiger partial charge in [0.25, 0.3) is 0 Å². The molecule has 0 heterocycles. The molecular formula is C12H17N5O4. The number of nitrogens with zero attached hydrogens (tertiary/aromatic N) is 3. The summed E-state index contributed by atoms with van der Waals surface area (Å²) in [6, 6.07) is 2.85. The number of hydrogen-bond donors (Lipinski definition) is 2. The minimum atomic E-state index is -0.550. The lowest BCUT2D eigenvalue weighted by molar-refractivity contribution is -0.386. The summed E-state index contributed by atoms with van der Waals surface area (Å²) in [7, 11) is 1.40. The molecule has 0 saturated heterocycles. The Labute approximate surface area is 121 Å². The Morgan fingerprint density at radius 2 is 2.19 bits per heavy atom. The van der Waals surface area contributed by atoms with Crippen molar-refractivity contribution >= 4 is 17.9 Å². The highest BCUT2D eigenvalue weighted by atomic mass is 16.6. The lowest BCUT2D eigenvalue weighted by Crippen LogP contribution is -2.21. The molecule has 0 radical (unpaired) electrons. The minimum Gasteiger partial charge on any atom is -0.493 e. The summed E-state index contributed by atoms with van der Waals surface area (Å²) in [5.74, 6) is 0.114. The van der Waals surface area contributed by atoms with Crippen LogP contribution in [0.15, 0.2) is 22.3 Å². The molecule has 114 valence electrons. The fourth-order valence-corrected chi connectivity index (χ4v) is 1.48. The Kier molecular flexibility index (Phi) is 5.93. The van der Waals surface area contributed by atoms with Crippen molar-refractivity contribution in [2.75, 3.05) is 13.7 Å². The van der Waals surface area contributed by atoms with Crippen molar-refractivity contribution in [2.24, 2.45) is 21.7 Å². The van der Waals surface area contributed by atoms with Gasteiger partial charge in [0.05, 0.1) is 24.9 Å². The van der Waals surface area contributed by atoms with Gasteiger partial charge < -0.3 is 20.9 Å². The summed E-state index contributed by atoms with van der Waals surface area (Å²) in [4.78, 5) is 10.6. The third kappa shape index (κ3) is 4.64. The molecule has 1 aromatic carbocycles. The van der Waals surface area contributed by atoms with E-state index >= 15 is 0 Å². The normalized spacial score (nSPS) is 10.4. The fourth-order valence-electron chi connectivity index (χ4n) is 1.48. The average Bonchev–Trinajstić information content (AvgIpc) is 2.44. The second kappa shape index (κ2) is 7.68. The van der Waals surface area contributed by atoms with E-state index in [0.717, 1.165) is 0 Å². The molecule has 9 nitrogen and oxygen atoms in total. The third-order valence-corrected chi connectivity index (χ3v) is 2.30. The van der Waals surface area contributed by atoms with Crippen LogP contribution in [-0.4, -0.2) is 30.8 Å². The van der Waals surface area contributed by atoms with Crippen molar-refractivity contribution in [3.63, 3.8) is 0 Å². The molecule has 21 heavy (non-hydrogen) atoms. The lowest BCUT2D eigenvalue weighted by atomic mass is 10.2. The largest absolute Gasteiger partial charge is 0.493 e. The Hall–Kier alpha value is -2.84. The third-order valence-electron chi connectivity index (χ3n) is 2.30. The van der Waals surface area contributed by atoms with Gasteiger partial charge in [-0.05, 0) is 12.5 Å². The van der Waals surface area contributed by atoms with Crippen molar-refractivity contribution in [1.29, 1.82) is 0 Å². The van der Waals surface area contributed by atoms with Gasteiger partial charge in [-0.3, -0.25) is 10.1 Å². The number of rotatable bonds is 7. The number of nitro groups is 1. The van der Waals surface area contributed by atoms with Crippen LogP contribution in [0.2, 0.25) is 0 Å². The highest BCUT2D eigenvalue weighted by molar-refractivity contribution is 5.84. The van der Waals surface area contributed by atoms with Crippen LogP contribution in [0.1, 0.15) is 18.9 Å². The number of hydrogen-bond acceptors (Lipinski definition) is 6. The van der Waals surface area contributed by atoms with Gasteiger partial charge in [-0.25, -0.2) is 0 Å². The van der Waals surface area contributed by atoms with E-state index in [9.17, 15) is 10.1 Å². The van der Waals surface area contributed by atoms with Crippen molar-refractivity contribution in [1.82, 2.24) is 0 Å². The highest BCUT2D eigenvalue weighted by Crippen LogP contribution is 2.38. The van der Waals surface area contributed by atoms with Crippen LogP contribution in [-0.2, 0) is 0 Å². The Bertz CT molecular complexity index is 567. The van der Waals surface area contributed by atoms with E-state index < -0.39 is 4.92 Å². The molecule has 0 atom stereocenters. The smallest absolute Gasteiger partial charge is 0.315 e. The summed E-state index contributed by atoms with van der Waals surface area (Å²) < 4.78 is 10.5. The monoisotopic (exact) mass is 295 g/mol. The molecule has 0 fully saturated rings. The summed E-state index contributed by atoms with van der Waals surface area (Å²) in [6.07, 6.45) is 1.99. The van der Waals surface area contributed by atoms with E-state index in [4.69, 9.17) is 20.9 Å². The van der Waals surface area contributed by atoms with E-state index in [-0.39, 0.29) is 23.1 Å². The molecule has 0 bridgehead atoms. The van der Waals surface area contributed by atoms with Crippen LogP contribution >= 0.6 is 0 Å². The predicted octanol–water partition coefficient (Wildman–Crippen LogP) is 1.000. The molecule has 0 aliphatic heterocycles. The Morgan fingerprint density at radius 1 is 1.48 bits per heavy atom.